The lowest BCUT2D eigenvalue weighted by molar-refractivity contribution is 0.0592. The summed E-state index contributed by atoms with van der Waals surface area (Å²) in [5.74, 6) is -1.05. The molecule has 2 N–H and O–H groups in total. The van der Waals surface area contributed by atoms with Crippen LogP contribution in [0.2, 0.25) is 0 Å². The number of carbonyl (C=O) groups excluding carboxylic acids is 6. The van der Waals surface area contributed by atoms with Gasteiger partial charge in [0.05, 0.1) is 0 Å². The standard InChI is InChI=1S/C62H68N4O6/c67-57(43-27-19-17-20-28-43)63-39-23-13-9-5-1-3-7-11-15-25-41-65-59(69)49-35-31-45-47-33-37-51-56-52(38-34-48(54(47)56)46-32-36-50(60(65)70)55(49)53(45)46)62(72)66(61(51)71)42-26-16-12-8-4-2-6-10-14-24-40-64-58(68)44-29-21-18-22-30-44/h17-22,27-38H,1-16,23-26,39-42H2,(H,63,67)(H,64,68). The smallest absolute Gasteiger partial charge is 0.261 e. The maximum Gasteiger partial charge on any atom is 0.261 e. The lowest BCUT2D eigenvalue weighted by Crippen LogP contribution is -2.41. The third-order valence-corrected chi connectivity index (χ3v) is 15.1. The van der Waals surface area contributed by atoms with Gasteiger partial charge in [-0.2, -0.15) is 0 Å². The van der Waals surface area contributed by atoms with Gasteiger partial charge in [-0.3, -0.25) is 38.6 Å². The average Bonchev–Trinajstić information content (AvgIpc) is 3.41. The van der Waals surface area contributed by atoms with E-state index >= 15 is 0 Å². The second kappa shape index (κ2) is 24.0. The van der Waals surface area contributed by atoms with Gasteiger partial charge in [0.25, 0.3) is 35.4 Å². The second-order valence-corrected chi connectivity index (χ2v) is 20.0. The van der Waals surface area contributed by atoms with Crippen LogP contribution >= 0.6 is 0 Å². The van der Waals surface area contributed by atoms with Crippen LogP contribution in [0.25, 0.3) is 43.1 Å². The Morgan fingerprint density at radius 2 is 0.569 bits per heavy atom. The van der Waals surface area contributed by atoms with Gasteiger partial charge in [-0.1, -0.05) is 163 Å². The van der Waals surface area contributed by atoms with Gasteiger partial charge in [0, 0.05) is 70.3 Å². The number of carbonyl (C=O) groups is 6. The Morgan fingerprint density at radius 3 is 0.861 bits per heavy atom. The van der Waals surface area contributed by atoms with Crippen molar-refractivity contribution in [2.24, 2.45) is 0 Å². The zero-order chi connectivity index (χ0) is 49.8. The number of fused-ring (bicyclic) bond motifs is 2. The van der Waals surface area contributed by atoms with Crippen LogP contribution in [-0.2, 0) is 0 Å². The molecule has 0 atom stereocenters. The van der Waals surface area contributed by atoms with Crippen molar-refractivity contribution in [1.82, 2.24) is 20.4 Å². The van der Waals surface area contributed by atoms with Crippen molar-refractivity contribution in [3.8, 4) is 0 Å². The molecule has 0 unspecified atom stereocenters. The molecule has 2 aliphatic rings. The molecule has 0 fully saturated rings. The van der Waals surface area contributed by atoms with Gasteiger partial charge in [-0.05, 0) is 107 Å². The topological polar surface area (TPSA) is 133 Å². The van der Waals surface area contributed by atoms with Crippen LogP contribution in [-0.4, -0.2) is 71.4 Å². The number of nitrogens with one attached hydrogen (secondary N) is 2. The Kier molecular flexibility index (Phi) is 16.7. The highest BCUT2D eigenvalue weighted by atomic mass is 16.2. The van der Waals surface area contributed by atoms with Crippen LogP contribution in [0.4, 0.5) is 0 Å². The highest BCUT2D eigenvalue weighted by Crippen LogP contribution is 2.46. The molecule has 0 aromatic heterocycles. The normalized spacial score (nSPS) is 13.4. The van der Waals surface area contributed by atoms with Crippen molar-refractivity contribution in [1.29, 1.82) is 0 Å². The summed E-state index contributed by atoms with van der Waals surface area (Å²) in [6.45, 7) is 2.18. The molecule has 10 nitrogen and oxygen atoms in total. The molecule has 7 aromatic rings. The SMILES string of the molecule is O=C(NCCCCCCCCCCCCN1C(=O)c2ccc3c4ccc5c6c(ccc(c7ccc(c2c37)C1=O)c64)C(=O)N(CCCCCCCCCCCCNC(=O)c1ccccc1)C5=O)c1ccccc1. The van der Waals surface area contributed by atoms with E-state index in [2.05, 4.69) is 10.6 Å². The molecule has 72 heavy (non-hydrogen) atoms. The number of amides is 6. The maximum absolute atomic E-state index is 14.1. The van der Waals surface area contributed by atoms with E-state index in [0.717, 1.165) is 122 Å². The number of hydrogen-bond donors (Lipinski definition) is 2. The third kappa shape index (κ3) is 10.9. The molecule has 10 heteroatoms. The predicted octanol–water partition coefficient (Wildman–Crippen LogP) is 13.6. The van der Waals surface area contributed by atoms with Crippen molar-refractivity contribution in [3.05, 3.63) is 143 Å². The molecule has 0 saturated heterocycles. The summed E-state index contributed by atoms with van der Waals surface area (Å²) in [6, 6.07) is 34.0. The van der Waals surface area contributed by atoms with Crippen molar-refractivity contribution in [3.63, 3.8) is 0 Å². The van der Waals surface area contributed by atoms with Crippen LogP contribution in [0.5, 0.6) is 0 Å². The third-order valence-electron chi connectivity index (χ3n) is 15.1. The molecule has 2 aliphatic heterocycles. The summed E-state index contributed by atoms with van der Waals surface area (Å²) >= 11 is 0. The molecular formula is C62H68N4O6. The zero-order valence-electron chi connectivity index (χ0n) is 41.7. The summed E-state index contributed by atoms with van der Waals surface area (Å²) in [6.07, 6.45) is 21.4. The summed E-state index contributed by atoms with van der Waals surface area (Å²) < 4.78 is 0. The van der Waals surface area contributed by atoms with E-state index in [1.165, 1.54) is 48.3 Å². The minimum Gasteiger partial charge on any atom is -0.352 e. The number of rotatable bonds is 28. The van der Waals surface area contributed by atoms with Gasteiger partial charge < -0.3 is 10.6 Å². The van der Waals surface area contributed by atoms with Crippen LogP contribution in [0.1, 0.15) is 191 Å². The summed E-state index contributed by atoms with van der Waals surface area (Å²) in [7, 11) is 0. The van der Waals surface area contributed by atoms with Gasteiger partial charge in [0.15, 0.2) is 0 Å². The van der Waals surface area contributed by atoms with E-state index in [1.807, 2.05) is 109 Å². The molecule has 0 spiro atoms. The van der Waals surface area contributed by atoms with E-state index in [0.29, 0.717) is 70.3 Å². The fourth-order valence-corrected chi connectivity index (χ4v) is 11.2. The van der Waals surface area contributed by atoms with Crippen molar-refractivity contribution < 1.29 is 28.8 Å². The molecule has 6 amide bonds. The number of nitrogens with zero attached hydrogens (tertiary/aromatic N) is 2. The Morgan fingerprint density at radius 1 is 0.306 bits per heavy atom. The van der Waals surface area contributed by atoms with Gasteiger partial charge in [-0.25, -0.2) is 0 Å². The monoisotopic (exact) mass is 965 g/mol. The van der Waals surface area contributed by atoms with Crippen molar-refractivity contribution >= 4 is 78.5 Å². The molecule has 0 aliphatic carbocycles. The summed E-state index contributed by atoms with van der Waals surface area (Å²) in [4.78, 5) is 83.6. The molecule has 2 heterocycles. The van der Waals surface area contributed by atoms with Gasteiger partial charge in [0.2, 0.25) is 0 Å². The van der Waals surface area contributed by atoms with Gasteiger partial charge in [0.1, 0.15) is 0 Å². The Balaban J connectivity index is 0.724. The first-order valence-electron chi connectivity index (χ1n) is 26.9. The second-order valence-electron chi connectivity index (χ2n) is 20.0. The minimum atomic E-state index is -0.255. The van der Waals surface area contributed by atoms with Crippen molar-refractivity contribution in [2.75, 3.05) is 26.2 Å². The average molecular weight is 965 g/mol. The maximum atomic E-state index is 14.1. The molecule has 372 valence electrons. The lowest BCUT2D eigenvalue weighted by atomic mass is 9.82. The summed E-state index contributed by atoms with van der Waals surface area (Å²) in [5.41, 5.74) is 3.54. The van der Waals surface area contributed by atoms with E-state index < -0.39 is 0 Å². The largest absolute Gasteiger partial charge is 0.352 e. The number of imide groups is 2. The lowest BCUT2D eigenvalue weighted by Gasteiger charge is -2.30. The molecule has 7 aromatic carbocycles. The van der Waals surface area contributed by atoms with E-state index in [4.69, 9.17) is 0 Å². The van der Waals surface area contributed by atoms with Crippen LogP contribution in [0.15, 0.2) is 109 Å². The van der Waals surface area contributed by atoms with Crippen LogP contribution in [0, 0.1) is 0 Å². The van der Waals surface area contributed by atoms with Crippen molar-refractivity contribution in [2.45, 2.75) is 128 Å². The van der Waals surface area contributed by atoms with Gasteiger partial charge >= 0.3 is 0 Å². The predicted molar refractivity (Wildman–Crippen MR) is 288 cm³/mol. The Bertz CT molecular complexity index is 2750. The Hall–Kier alpha value is -6.94. The first kappa shape index (κ1) is 50.0. The zero-order valence-corrected chi connectivity index (χ0v) is 41.7. The fraction of sp³-hybridized carbons (Fsp3) is 0.387. The molecule has 0 radical (unpaired) electrons. The fourth-order valence-electron chi connectivity index (χ4n) is 11.2. The number of benzene rings is 7. The van der Waals surface area contributed by atoms with E-state index in [-0.39, 0.29) is 35.4 Å². The number of unbranched alkanes of at least 4 members (excludes halogenated alkanes) is 18. The quantitative estimate of drug-likeness (QED) is 0.0217. The minimum absolute atomic E-state index is 0.0136. The molecule has 0 bridgehead atoms. The van der Waals surface area contributed by atoms with Gasteiger partial charge in [-0.15, -0.1) is 0 Å². The van der Waals surface area contributed by atoms with Crippen LogP contribution in [0.3, 0.4) is 0 Å². The van der Waals surface area contributed by atoms with Crippen LogP contribution < -0.4 is 10.6 Å². The molecule has 9 rings (SSSR count). The highest BCUT2D eigenvalue weighted by molar-refractivity contribution is 6.41. The highest BCUT2D eigenvalue weighted by Gasteiger charge is 2.36. The van der Waals surface area contributed by atoms with E-state index in [1.54, 1.807) is 0 Å². The summed E-state index contributed by atoms with van der Waals surface area (Å²) in [5, 5.41) is 12.7. The first-order chi connectivity index (χ1) is 35.3. The van der Waals surface area contributed by atoms with E-state index in [9.17, 15) is 28.8 Å². The number of hydrogen-bond acceptors (Lipinski definition) is 6. The molecule has 0 saturated carbocycles. The first-order valence-corrected chi connectivity index (χ1v) is 26.9. The molecular weight excluding hydrogens is 897 g/mol. The Labute approximate surface area is 423 Å².